The van der Waals surface area contributed by atoms with E-state index in [4.69, 9.17) is 10.5 Å². The summed E-state index contributed by atoms with van der Waals surface area (Å²) in [5.74, 6) is -0.812. The highest BCUT2D eigenvalue weighted by Gasteiger charge is 2.42. The van der Waals surface area contributed by atoms with E-state index in [1.54, 1.807) is 13.2 Å². The number of hydrogen-bond acceptors (Lipinski definition) is 4. The van der Waals surface area contributed by atoms with Crippen molar-refractivity contribution >= 4 is 17.5 Å². The van der Waals surface area contributed by atoms with Crippen LogP contribution in [-0.2, 0) is 16.6 Å². The molecule has 1 aromatic heterocycles. The standard InChI is InChI=1S/C15H22N4O3/c1-19-9-11(12(18-19)13(16)20)17-14(21)10-4-7-22-15(8-10)5-2-3-6-15/h9-10H,2-8H2,1H3,(H2,16,20)(H,17,21). The Morgan fingerprint density at radius 3 is 2.86 bits per heavy atom. The van der Waals surface area contributed by atoms with Gasteiger partial charge in [-0.25, -0.2) is 0 Å². The minimum atomic E-state index is -0.643. The maximum atomic E-state index is 12.5. The molecular formula is C15H22N4O3. The molecule has 1 spiro atoms. The predicted molar refractivity (Wildman–Crippen MR) is 80.2 cm³/mol. The number of aryl methyl sites for hydroxylation is 1. The SMILES string of the molecule is Cn1cc(NC(=O)C2CCOC3(CCCC3)C2)c(C(N)=O)n1. The van der Waals surface area contributed by atoms with Crippen molar-refractivity contribution in [2.45, 2.75) is 44.1 Å². The molecule has 2 amide bonds. The Labute approximate surface area is 129 Å². The largest absolute Gasteiger partial charge is 0.375 e. The van der Waals surface area contributed by atoms with Crippen molar-refractivity contribution in [3.05, 3.63) is 11.9 Å². The second-order valence-electron chi connectivity index (χ2n) is 6.35. The molecule has 3 N–H and O–H groups in total. The molecule has 2 aliphatic rings. The number of nitrogens with zero attached hydrogens (tertiary/aromatic N) is 2. The number of rotatable bonds is 3. The lowest BCUT2D eigenvalue weighted by atomic mass is 9.84. The summed E-state index contributed by atoms with van der Waals surface area (Å²) in [6.45, 7) is 0.619. The van der Waals surface area contributed by atoms with Crippen LogP contribution in [0.4, 0.5) is 5.69 Å². The number of hydrogen-bond donors (Lipinski definition) is 2. The Morgan fingerprint density at radius 2 is 2.18 bits per heavy atom. The molecular weight excluding hydrogens is 284 g/mol. The lowest BCUT2D eigenvalue weighted by Gasteiger charge is -2.37. The van der Waals surface area contributed by atoms with Crippen molar-refractivity contribution < 1.29 is 14.3 Å². The molecule has 1 aliphatic carbocycles. The molecule has 120 valence electrons. The molecule has 2 heterocycles. The van der Waals surface area contributed by atoms with Gasteiger partial charge in [0.1, 0.15) is 0 Å². The zero-order valence-electron chi connectivity index (χ0n) is 12.8. The van der Waals surface area contributed by atoms with E-state index in [0.29, 0.717) is 18.7 Å². The van der Waals surface area contributed by atoms with Gasteiger partial charge in [0.05, 0.1) is 11.3 Å². The molecule has 22 heavy (non-hydrogen) atoms. The van der Waals surface area contributed by atoms with Crippen molar-refractivity contribution in [3.63, 3.8) is 0 Å². The number of anilines is 1. The first-order chi connectivity index (χ1) is 10.5. The highest BCUT2D eigenvalue weighted by atomic mass is 16.5. The molecule has 7 heteroatoms. The summed E-state index contributed by atoms with van der Waals surface area (Å²) >= 11 is 0. The first-order valence-corrected chi connectivity index (χ1v) is 7.77. The van der Waals surface area contributed by atoms with E-state index >= 15 is 0 Å². The van der Waals surface area contributed by atoms with Gasteiger partial charge in [0.15, 0.2) is 5.69 Å². The quantitative estimate of drug-likeness (QED) is 0.876. The summed E-state index contributed by atoms with van der Waals surface area (Å²) in [5.41, 5.74) is 5.66. The summed E-state index contributed by atoms with van der Waals surface area (Å²) in [6, 6.07) is 0. The third-order valence-electron chi connectivity index (χ3n) is 4.70. The van der Waals surface area contributed by atoms with Crippen LogP contribution in [0, 0.1) is 5.92 Å². The highest BCUT2D eigenvalue weighted by molar-refractivity contribution is 6.02. The third kappa shape index (κ3) is 2.85. The predicted octanol–water partition coefficient (Wildman–Crippen LogP) is 1.20. The number of nitrogens with one attached hydrogen (secondary N) is 1. The second kappa shape index (κ2) is 5.72. The number of ether oxygens (including phenoxy) is 1. The first kappa shape index (κ1) is 15.0. The normalized spacial score (nSPS) is 23.6. The summed E-state index contributed by atoms with van der Waals surface area (Å²) in [6.07, 6.45) is 7.48. The van der Waals surface area contributed by atoms with Crippen molar-refractivity contribution in [3.8, 4) is 0 Å². The number of aromatic nitrogens is 2. The molecule has 1 atom stereocenters. The Hall–Kier alpha value is -1.89. The van der Waals surface area contributed by atoms with E-state index in [2.05, 4.69) is 10.4 Å². The summed E-state index contributed by atoms with van der Waals surface area (Å²) in [5, 5.41) is 6.79. The molecule has 0 aromatic carbocycles. The molecule has 1 saturated carbocycles. The van der Waals surface area contributed by atoms with Crippen molar-refractivity contribution in [2.24, 2.45) is 18.7 Å². The Balaban J connectivity index is 1.70. The Bertz CT molecular complexity index is 590. The molecule has 1 saturated heterocycles. The van der Waals surface area contributed by atoms with Crippen LogP contribution >= 0.6 is 0 Å². The zero-order chi connectivity index (χ0) is 15.7. The van der Waals surface area contributed by atoms with Crippen LogP contribution < -0.4 is 11.1 Å². The van der Waals surface area contributed by atoms with E-state index in [1.807, 2.05) is 0 Å². The van der Waals surface area contributed by atoms with Gasteiger partial charge in [-0.3, -0.25) is 14.3 Å². The van der Waals surface area contributed by atoms with Gasteiger partial charge in [0.2, 0.25) is 5.91 Å². The Kier molecular flexibility index (Phi) is 3.90. The zero-order valence-corrected chi connectivity index (χ0v) is 12.8. The fourth-order valence-electron chi connectivity index (χ4n) is 3.62. The minimum Gasteiger partial charge on any atom is -0.375 e. The lowest BCUT2D eigenvalue weighted by Crippen LogP contribution is -2.41. The molecule has 3 rings (SSSR count). The van der Waals surface area contributed by atoms with E-state index in [-0.39, 0.29) is 23.1 Å². The summed E-state index contributed by atoms with van der Waals surface area (Å²) in [4.78, 5) is 23.9. The van der Waals surface area contributed by atoms with E-state index in [1.165, 1.54) is 17.5 Å². The summed E-state index contributed by atoms with van der Waals surface area (Å²) < 4.78 is 7.42. The van der Waals surface area contributed by atoms with E-state index < -0.39 is 5.91 Å². The monoisotopic (exact) mass is 306 g/mol. The van der Waals surface area contributed by atoms with Crippen molar-refractivity contribution in [1.29, 1.82) is 0 Å². The van der Waals surface area contributed by atoms with Crippen molar-refractivity contribution in [2.75, 3.05) is 11.9 Å². The number of carbonyl (C=O) groups excluding carboxylic acids is 2. The number of primary amides is 1. The van der Waals surface area contributed by atoms with Gasteiger partial charge in [0, 0.05) is 25.8 Å². The highest BCUT2D eigenvalue weighted by Crippen LogP contribution is 2.42. The fourth-order valence-corrected chi connectivity index (χ4v) is 3.62. The third-order valence-corrected chi connectivity index (χ3v) is 4.70. The number of carbonyl (C=O) groups is 2. The maximum Gasteiger partial charge on any atom is 0.271 e. The average molecular weight is 306 g/mol. The van der Waals surface area contributed by atoms with Crippen LogP contribution in [0.2, 0.25) is 0 Å². The molecule has 1 aromatic rings. The van der Waals surface area contributed by atoms with E-state index in [9.17, 15) is 9.59 Å². The number of nitrogens with two attached hydrogens (primary N) is 1. The molecule has 1 aliphatic heterocycles. The van der Waals surface area contributed by atoms with Gasteiger partial charge in [-0.05, 0) is 25.7 Å². The van der Waals surface area contributed by atoms with Crippen LogP contribution in [0.1, 0.15) is 49.0 Å². The molecule has 2 fully saturated rings. The first-order valence-electron chi connectivity index (χ1n) is 7.77. The van der Waals surface area contributed by atoms with E-state index in [0.717, 1.165) is 19.3 Å². The fraction of sp³-hybridized carbons (Fsp3) is 0.667. The molecule has 0 bridgehead atoms. The Morgan fingerprint density at radius 1 is 1.45 bits per heavy atom. The van der Waals surface area contributed by atoms with Gasteiger partial charge in [0.25, 0.3) is 5.91 Å². The molecule has 1 unspecified atom stereocenters. The van der Waals surface area contributed by atoms with Crippen LogP contribution in [0.15, 0.2) is 6.20 Å². The number of amides is 2. The van der Waals surface area contributed by atoms with Gasteiger partial charge < -0.3 is 15.8 Å². The van der Waals surface area contributed by atoms with Gasteiger partial charge in [-0.1, -0.05) is 12.8 Å². The topological polar surface area (TPSA) is 99.2 Å². The summed E-state index contributed by atoms with van der Waals surface area (Å²) in [7, 11) is 1.68. The van der Waals surface area contributed by atoms with Crippen LogP contribution in [0.3, 0.4) is 0 Å². The maximum absolute atomic E-state index is 12.5. The van der Waals surface area contributed by atoms with Gasteiger partial charge in [-0.15, -0.1) is 0 Å². The van der Waals surface area contributed by atoms with Crippen LogP contribution in [0.25, 0.3) is 0 Å². The van der Waals surface area contributed by atoms with Gasteiger partial charge in [-0.2, -0.15) is 5.10 Å². The van der Waals surface area contributed by atoms with Crippen LogP contribution in [-0.4, -0.2) is 33.8 Å². The minimum absolute atomic E-state index is 0.0786. The molecule has 7 nitrogen and oxygen atoms in total. The van der Waals surface area contributed by atoms with Crippen LogP contribution in [0.5, 0.6) is 0 Å². The lowest BCUT2D eigenvalue weighted by molar-refractivity contribution is -0.133. The smallest absolute Gasteiger partial charge is 0.271 e. The van der Waals surface area contributed by atoms with Gasteiger partial charge >= 0.3 is 0 Å². The van der Waals surface area contributed by atoms with Crippen molar-refractivity contribution in [1.82, 2.24) is 9.78 Å². The average Bonchev–Trinajstić information content (AvgIpc) is 3.06. The second-order valence-corrected chi connectivity index (χ2v) is 6.35. The molecule has 0 radical (unpaired) electrons.